The maximum Gasteiger partial charge on any atom is 0.193 e. The predicted octanol–water partition coefficient (Wildman–Crippen LogP) is 9.69. The summed E-state index contributed by atoms with van der Waals surface area (Å²) in [5.41, 5.74) is 8.95. The Bertz CT molecular complexity index is 1840. The molecule has 0 amide bonds. The molecule has 2 aliphatic rings. The van der Waals surface area contributed by atoms with E-state index in [0.717, 1.165) is 17.1 Å². The van der Waals surface area contributed by atoms with Gasteiger partial charge < -0.3 is 14.8 Å². The number of rotatable bonds is 4. The van der Waals surface area contributed by atoms with Gasteiger partial charge in [0.05, 0.1) is 11.1 Å². The van der Waals surface area contributed by atoms with Gasteiger partial charge in [-0.2, -0.15) is 0 Å². The minimum absolute atomic E-state index is 0.444. The highest BCUT2D eigenvalue weighted by molar-refractivity contribution is 5.88. The van der Waals surface area contributed by atoms with Crippen molar-refractivity contribution in [3.63, 3.8) is 0 Å². The molecule has 190 valence electrons. The Labute approximate surface area is 233 Å². The largest absolute Gasteiger partial charge is 0.449 e. The third-order valence-electron chi connectivity index (χ3n) is 8.00. The molecule has 40 heavy (non-hydrogen) atoms. The van der Waals surface area contributed by atoms with E-state index in [1.807, 2.05) is 42.5 Å². The van der Waals surface area contributed by atoms with Crippen molar-refractivity contribution < 1.29 is 9.47 Å². The van der Waals surface area contributed by atoms with Crippen molar-refractivity contribution in [2.24, 2.45) is 0 Å². The van der Waals surface area contributed by atoms with Gasteiger partial charge in [-0.3, -0.25) is 0 Å². The van der Waals surface area contributed by atoms with Gasteiger partial charge in [-0.05, 0) is 69.8 Å². The summed E-state index contributed by atoms with van der Waals surface area (Å²) < 4.78 is 12.5. The molecule has 0 fully saturated rings. The highest BCUT2D eigenvalue weighted by Gasteiger charge is 2.46. The molecule has 0 atom stereocenters. The first-order valence-corrected chi connectivity index (χ1v) is 13.5. The molecular weight excluding hydrogens is 490 g/mol. The van der Waals surface area contributed by atoms with Crippen molar-refractivity contribution in [3.05, 3.63) is 168 Å². The maximum atomic E-state index is 6.32. The molecule has 6 aromatic carbocycles. The molecule has 0 bridgehead atoms. The first-order chi connectivity index (χ1) is 19.8. The monoisotopic (exact) mass is 515 g/mol. The lowest BCUT2D eigenvalue weighted by Crippen LogP contribution is -2.28. The summed E-state index contributed by atoms with van der Waals surface area (Å²) in [6.07, 6.45) is 0. The lowest BCUT2D eigenvalue weighted by molar-refractivity contribution is 0.361. The number of hydrogen-bond donors (Lipinski definition) is 1. The molecule has 8 rings (SSSR count). The van der Waals surface area contributed by atoms with Crippen LogP contribution in [-0.4, -0.2) is 0 Å². The zero-order chi connectivity index (χ0) is 26.5. The van der Waals surface area contributed by atoms with Crippen molar-refractivity contribution in [2.45, 2.75) is 5.41 Å². The third-order valence-corrected chi connectivity index (χ3v) is 8.00. The Kier molecular flexibility index (Phi) is 5.04. The van der Waals surface area contributed by atoms with Crippen LogP contribution in [0, 0.1) is 0 Å². The summed E-state index contributed by atoms with van der Waals surface area (Å²) >= 11 is 0. The van der Waals surface area contributed by atoms with Crippen LogP contribution in [0.5, 0.6) is 23.0 Å². The highest BCUT2D eigenvalue weighted by Crippen LogP contribution is 2.57. The second-order valence-electron chi connectivity index (χ2n) is 10.2. The van der Waals surface area contributed by atoms with Gasteiger partial charge in [0.1, 0.15) is 0 Å². The molecule has 6 aromatic rings. The first kappa shape index (κ1) is 22.7. The number of fused-ring (bicyclic) bond motifs is 5. The van der Waals surface area contributed by atoms with E-state index >= 15 is 0 Å². The van der Waals surface area contributed by atoms with E-state index in [1.54, 1.807) is 0 Å². The number of ether oxygens (including phenoxy) is 2. The first-order valence-electron chi connectivity index (χ1n) is 13.5. The molecule has 3 heteroatoms. The van der Waals surface area contributed by atoms with E-state index in [9.17, 15) is 0 Å². The van der Waals surface area contributed by atoms with Crippen LogP contribution >= 0.6 is 0 Å². The number of nitrogens with one attached hydrogen (secondary N) is 1. The molecule has 0 spiro atoms. The van der Waals surface area contributed by atoms with E-state index in [0.29, 0.717) is 17.2 Å². The molecule has 3 nitrogen and oxygen atoms in total. The Morgan fingerprint density at radius 1 is 0.450 bits per heavy atom. The van der Waals surface area contributed by atoms with Crippen molar-refractivity contribution in [1.29, 1.82) is 0 Å². The third kappa shape index (κ3) is 3.31. The molecular formula is C37H25NO2. The van der Waals surface area contributed by atoms with Gasteiger partial charge in [0.15, 0.2) is 23.0 Å². The van der Waals surface area contributed by atoms with Crippen LogP contribution in [-0.2, 0) is 5.41 Å². The molecule has 1 N–H and O–H groups in total. The summed E-state index contributed by atoms with van der Waals surface area (Å²) in [6.45, 7) is 0. The standard InChI is InChI=1S/C37H25NO2/c1-3-12-25(13-4-1)37(26-14-5-2-6-15-26)30-17-8-7-16-28(30)29-23-22-27(24-31(29)37)38-32-18-11-21-35-36(32)40-34-20-10-9-19-33(34)39-35/h1-24,38H. The number of anilines is 2. The van der Waals surface area contributed by atoms with Gasteiger partial charge in [-0.1, -0.05) is 109 Å². The Hall–Kier alpha value is -5.28. The summed E-state index contributed by atoms with van der Waals surface area (Å²) in [5, 5.41) is 3.66. The van der Waals surface area contributed by atoms with Gasteiger partial charge >= 0.3 is 0 Å². The summed E-state index contributed by atoms with van der Waals surface area (Å²) in [6, 6.07) is 50.9. The van der Waals surface area contributed by atoms with Gasteiger partial charge in [0.25, 0.3) is 0 Å². The minimum Gasteiger partial charge on any atom is -0.449 e. The molecule has 0 saturated heterocycles. The summed E-state index contributed by atoms with van der Waals surface area (Å²) in [4.78, 5) is 0. The van der Waals surface area contributed by atoms with Crippen LogP contribution in [0.2, 0.25) is 0 Å². The lowest BCUT2D eigenvalue weighted by atomic mass is 9.67. The summed E-state index contributed by atoms with van der Waals surface area (Å²) in [5.74, 6) is 2.81. The number of hydrogen-bond acceptors (Lipinski definition) is 3. The molecule has 1 aliphatic heterocycles. The van der Waals surface area contributed by atoms with Crippen LogP contribution in [0.4, 0.5) is 11.4 Å². The van der Waals surface area contributed by atoms with E-state index in [2.05, 4.69) is 108 Å². The van der Waals surface area contributed by atoms with E-state index in [4.69, 9.17) is 9.47 Å². The van der Waals surface area contributed by atoms with E-state index in [1.165, 1.54) is 33.4 Å². The van der Waals surface area contributed by atoms with Crippen molar-refractivity contribution >= 4 is 11.4 Å². The van der Waals surface area contributed by atoms with Gasteiger partial charge in [-0.25, -0.2) is 0 Å². The second-order valence-corrected chi connectivity index (χ2v) is 10.2. The lowest BCUT2D eigenvalue weighted by Gasteiger charge is -2.34. The molecule has 0 radical (unpaired) electrons. The number of para-hydroxylation sites is 3. The fourth-order valence-electron chi connectivity index (χ4n) is 6.32. The van der Waals surface area contributed by atoms with E-state index in [-0.39, 0.29) is 0 Å². The minimum atomic E-state index is -0.444. The van der Waals surface area contributed by atoms with E-state index < -0.39 is 5.41 Å². The molecule has 0 unspecified atom stereocenters. The molecule has 0 aromatic heterocycles. The Balaban J connectivity index is 1.30. The second kappa shape index (κ2) is 8.89. The topological polar surface area (TPSA) is 30.5 Å². The van der Waals surface area contributed by atoms with Gasteiger partial charge in [0.2, 0.25) is 0 Å². The fourth-order valence-corrected chi connectivity index (χ4v) is 6.32. The average Bonchev–Trinajstić information content (AvgIpc) is 3.32. The maximum absolute atomic E-state index is 6.32. The fraction of sp³-hybridized carbons (Fsp3) is 0.0270. The van der Waals surface area contributed by atoms with Crippen LogP contribution in [0.1, 0.15) is 22.3 Å². The SMILES string of the molecule is c1ccc(C2(c3ccccc3)c3ccccc3-c3ccc(Nc4cccc5c4Oc4ccccc4O5)cc32)cc1. The zero-order valence-electron chi connectivity index (χ0n) is 21.7. The summed E-state index contributed by atoms with van der Waals surface area (Å²) in [7, 11) is 0. The van der Waals surface area contributed by atoms with Crippen LogP contribution in [0.15, 0.2) is 146 Å². The zero-order valence-corrected chi connectivity index (χ0v) is 21.7. The quantitative estimate of drug-likeness (QED) is 0.253. The van der Waals surface area contributed by atoms with Crippen LogP contribution in [0.3, 0.4) is 0 Å². The van der Waals surface area contributed by atoms with Crippen LogP contribution < -0.4 is 14.8 Å². The Morgan fingerprint density at radius 3 is 1.80 bits per heavy atom. The average molecular weight is 516 g/mol. The van der Waals surface area contributed by atoms with Crippen molar-refractivity contribution in [1.82, 2.24) is 0 Å². The Morgan fingerprint density at radius 2 is 1.05 bits per heavy atom. The van der Waals surface area contributed by atoms with Crippen molar-refractivity contribution in [3.8, 4) is 34.1 Å². The molecule has 1 heterocycles. The van der Waals surface area contributed by atoms with Gasteiger partial charge in [0, 0.05) is 5.69 Å². The van der Waals surface area contributed by atoms with Gasteiger partial charge in [-0.15, -0.1) is 0 Å². The molecule has 0 saturated carbocycles. The smallest absolute Gasteiger partial charge is 0.193 e. The molecule has 1 aliphatic carbocycles. The normalized spacial score (nSPS) is 13.6. The van der Waals surface area contributed by atoms with Crippen LogP contribution in [0.25, 0.3) is 11.1 Å². The number of benzene rings is 6. The predicted molar refractivity (Wildman–Crippen MR) is 160 cm³/mol. The van der Waals surface area contributed by atoms with Crippen molar-refractivity contribution in [2.75, 3.05) is 5.32 Å². The highest BCUT2D eigenvalue weighted by atomic mass is 16.6.